The molecule has 0 aliphatic heterocycles. The van der Waals surface area contributed by atoms with E-state index in [9.17, 15) is 4.79 Å². The first-order valence-corrected chi connectivity index (χ1v) is 7.91. The zero-order chi connectivity index (χ0) is 17.5. The summed E-state index contributed by atoms with van der Waals surface area (Å²) in [6.45, 7) is 3.97. The molecule has 0 aliphatic carbocycles. The molecule has 24 heavy (non-hydrogen) atoms. The Bertz CT molecular complexity index is 764. The maximum atomic E-state index is 12.0. The van der Waals surface area contributed by atoms with Gasteiger partial charge >= 0.3 is 0 Å². The number of carbonyl (C=O) groups is 1. The molecule has 0 spiro atoms. The summed E-state index contributed by atoms with van der Waals surface area (Å²) >= 11 is 5.21. The number of rotatable bonds is 4. The highest BCUT2D eigenvalue weighted by Gasteiger charge is 2.06. The average molecular weight is 340 g/mol. The number of ether oxygens (including phenoxy) is 1. The van der Waals surface area contributed by atoms with E-state index in [0.717, 1.165) is 22.4 Å². The fourth-order valence-electron chi connectivity index (χ4n) is 2.28. The number of benzene rings is 2. The van der Waals surface area contributed by atoms with Crippen molar-refractivity contribution in [3.8, 4) is 5.75 Å². The minimum atomic E-state index is -0.301. The van der Waals surface area contributed by atoms with Gasteiger partial charge in [0.15, 0.2) is 5.11 Å². The van der Waals surface area contributed by atoms with Crippen molar-refractivity contribution in [2.45, 2.75) is 13.8 Å². The van der Waals surface area contributed by atoms with Gasteiger partial charge in [-0.05, 0) is 49.3 Å². The minimum Gasteiger partial charge on any atom is -0.496 e. The highest BCUT2D eigenvalue weighted by Crippen LogP contribution is 2.19. The van der Waals surface area contributed by atoms with Crippen molar-refractivity contribution < 1.29 is 9.53 Å². The van der Waals surface area contributed by atoms with E-state index in [4.69, 9.17) is 17.0 Å². The third-order valence-corrected chi connectivity index (χ3v) is 3.71. The van der Waals surface area contributed by atoms with E-state index >= 15 is 0 Å². The number of aryl methyl sites for hydroxylation is 2. The van der Waals surface area contributed by atoms with Crippen LogP contribution in [0.3, 0.4) is 0 Å². The molecule has 0 heterocycles. The summed E-state index contributed by atoms with van der Waals surface area (Å²) in [4.78, 5) is 12.0. The molecule has 0 saturated carbocycles. The van der Waals surface area contributed by atoms with Gasteiger partial charge in [-0.1, -0.05) is 36.4 Å². The summed E-state index contributed by atoms with van der Waals surface area (Å²) in [7, 11) is 1.59. The van der Waals surface area contributed by atoms with Crippen LogP contribution in [0.2, 0.25) is 0 Å². The summed E-state index contributed by atoms with van der Waals surface area (Å²) < 4.78 is 5.24. The molecular formula is C19H20N2O2S. The fraction of sp³-hybridized carbons (Fsp3) is 0.158. The van der Waals surface area contributed by atoms with Crippen molar-refractivity contribution in [3.05, 3.63) is 65.2 Å². The van der Waals surface area contributed by atoms with Gasteiger partial charge < -0.3 is 10.1 Å². The van der Waals surface area contributed by atoms with Crippen molar-refractivity contribution in [2.24, 2.45) is 0 Å². The monoisotopic (exact) mass is 340 g/mol. The first-order chi connectivity index (χ1) is 11.5. The van der Waals surface area contributed by atoms with Crippen LogP contribution in [0, 0.1) is 13.8 Å². The first kappa shape index (κ1) is 17.7. The lowest BCUT2D eigenvalue weighted by Gasteiger charge is -2.13. The molecule has 0 saturated heterocycles. The molecule has 1 amide bonds. The summed E-state index contributed by atoms with van der Waals surface area (Å²) in [6.07, 6.45) is 3.12. The Morgan fingerprint density at radius 3 is 2.42 bits per heavy atom. The predicted molar refractivity (Wildman–Crippen MR) is 102 cm³/mol. The minimum absolute atomic E-state index is 0.266. The summed E-state index contributed by atoms with van der Waals surface area (Å²) in [5.74, 6) is 0.405. The van der Waals surface area contributed by atoms with Gasteiger partial charge in [0, 0.05) is 17.3 Å². The number of carbonyl (C=O) groups excluding carboxylic acids is 1. The van der Waals surface area contributed by atoms with Gasteiger partial charge in [-0.25, -0.2) is 0 Å². The lowest BCUT2D eigenvalue weighted by Crippen LogP contribution is -2.33. The van der Waals surface area contributed by atoms with E-state index in [-0.39, 0.29) is 11.0 Å². The zero-order valence-electron chi connectivity index (χ0n) is 13.9. The Hall–Kier alpha value is -2.66. The number of thiocarbonyl (C=S) groups is 1. The number of hydrogen-bond acceptors (Lipinski definition) is 3. The van der Waals surface area contributed by atoms with Crippen molar-refractivity contribution in [1.82, 2.24) is 5.32 Å². The molecule has 5 heteroatoms. The third kappa shape index (κ3) is 4.67. The molecule has 0 bridgehead atoms. The number of methoxy groups -OCH3 is 1. The van der Waals surface area contributed by atoms with Crippen molar-refractivity contribution >= 4 is 35.0 Å². The van der Waals surface area contributed by atoms with E-state index in [1.807, 2.05) is 56.3 Å². The molecule has 2 aromatic carbocycles. The molecule has 0 atom stereocenters. The highest BCUT2D eigenvalue weighted by atomic mass is 32.1. The second-order valence-electron chi connectivity index (χ2n) is 5.29. The van der Waals surface area contributed by atoms with Crippen LogP contribution in [0.15, 0.2) is 48.5 Å². The van der Waals surface area contributed by atoms with Crippen LogP contribution in [0.1, 0.15) is 16.7 Å². The van der Waals surface area contributed by atoms with Crippen LogP contribution in [-0.2, 0) is 4.79 Å². The normalized spacial score (nSPS) is 10.5. The van der Waals surface area contributed by atoms with Gasteiger partial charge in [0.2, 0.25) is 5.91 Å². The van der Waals surface area contributed by atoms with Gasteiger partial charge in [-0.3, -0.25) is 10.1 Å². The van der Waals surface area contributed by atoms with E-state index in [1.165, 1.54) is 6.08 Å². The third-order valence-electron chi connectivity index (χ3n) is 3.51. The molecule has 2 rings (SSSR count). The van der Waals surface area contributed by atoms with Crippen LogP contribution in [0.5, 0.6) is 5.75 Å². The van der Waals surface area contributed by atoms with Gasteiger partial charge in [-0.2, -0.15) is 0 Å². The van der Waals surface area contributed by atoms with Gasteiger partial charge in [0.1, 0.15) is 5.75 Å². The molecule has 0 aromatic heterocycles. The van der Waals surface area contributed by atoms with Gasteiger partial charge in [0.25, 0.3) is 0 Å². The predicted octanol–water partition coefficient (Wildman–Crippen LogP) is 3.84. The van der Waals surface area contributed by atoms with Gasteiger partial charge in [0.05, 0.1) is 7.11 Å². The van der Waals surface area contributed by atoms with Crippen LogP contribution in [0.4, 0.5) is 5.69 Å². The number of para-hydroxylation sites is 2. The molecule has 2 aromatic rings. The topological polar surface area (TPSA) is 50.4 Å². The highest BCUT2D eigenvalue weighted by molar-refractivity contribution is 7.80. The van der Waals surface area contributed by atoms with Crippen LogP contribution < -0.4 is 15.4 Å². The lowest BCUT2D eigenvalue weighted by molar-refractivity contribution is -0.115. The van der Waals surface area contributed by atoms with Gasteiger partial charge in [-0.15, -0.1) is 0 Å². The second-order valence-corrected chi connectivity index (χ2v) is 5.69. The maximum absolute atomic E-state index is 12.0. The number of anilines is 1. The smallest absolute Gasteiger partial charge is 0.250 e. The largest absolute Gasteiger partial charge is 0.496 e. The summed E-state index contributed by atoms with van der Waals surface area (Å²) in [6, 6.07) is 13.4. The van der Waals surface area contributed by atoms with E-state index in [2.05, 4.69) is 10.6 Å². The van der Waals surface area contributed by atoms with E-state index in [0.29, 0.717) is 5.75 Å². The lowest BCUT2D eigenvalue weighted by atomic mass is 10.1. The zero-order valence-corrected chi connectivity index (χ0v) is 14.7. The van der Waals surface area contributed by atoms with Crippen molar-refractivity contribution in [2.75, 3.05) is 12.4 Å². The Kier molecular flexibility index (Phi) is 6.09. The van der Waals surface area contributed by atoms with Crippen LogP contribution >= 0.6 is 12.2 Å². The quantitative estimate of drug-likeness (QED) is 0.656. The SMILES string of the molecule is COc1ccccc1/C=C/C(=O)NC(=S)Nc1c(C)cccc1C. The Morgan fingerprint density at radius 2 is 1.75 bits per heavy atom. The first-order valence-electron chi connectivity index (χ1n) is 7.50. The second kappa shape index (κ2) is 8.26. The molecule has 2 N–H and O–H groups in total. The number of hydrogen-bond donors (Lipinski definition) is 2. The van der Waals surface area contributed by atoms with Crippen LogP contribution in [-0.4, -0.2) is 18.1 Å². The Labute approximate surface area is 147 Å². The van der Waals surface area contributed by atoms with E-state index < -0.39 is 0 Å². The standard InChI is InChI=1S/C19H20N2O2S/c1-13-7-6-8-14(2)18(13)21-19(24)20-17(22)12-11-15-9-4-5-10-16(15)23-3/h4-12H,1-3H3,(H2,20,21,22,24)/b12-11+. The fourth-order valence-corrected chi connectivity index (χ4v) is 2.48. The molecule has 4 nitrogen and oxygen atoms in total. The molecule has 0 radical (unpaired) electrons. The molecular weight excluding hydrogens is 320 g/mol. The van der Waals surface area contributed by atoms with Crippen molar-refractivity contribution in [3.63, 3.8) is 0 Å². The maximum Gasteiger partial charge on any atom is 0.250 e. The molecule has 0 unspecified atom stereocenters. The van der Waals surface area contributed by atoms with Crippen LogP contribution in [0.25, 0.3) is 6.08 Å². The molecule has 0 aliphatic rings. The molecule has 124 valence electrons. The summed E-state index contributed by atoms with van der Waals surface area (Å²) in [5.41, 5.74) is 3.87. The number of nitrogens with one attached hydrogen (secondary N) is 2. The summed E-state index contributed by atoms with van der Waals surface area (Å²) in [5, 5.41) is 5.98. The van der Waals surface area contributed by atoms with Crippen molar-refractivity contribution in [1.29, 1.82) is 0 Å². The van der Waals surface area contributed by atoms with E-state index in [1.54, 1.807) is 13.2 Å². The molecule has 0 fully saturated rings. The Balaban J connectivity index is 1.99. The number of amides is 1. The Morgan fingerprint density at radius 1 is 1.08 bits per heavy atom. The average Bonchev–Trinajstić information content (AvgIpc) is 2.56.